The second-order valence-corrected chi connectivity index (χ2v) is 7.60. The first-order valence-corrected chi connectivity index (χ1v) is 10.7. The summed E-state index contributed by atoms with van der Waals surface area (Å²) in [6.45, 7) is 7.15. The molecule has 30 heavy (non-hydrogen) atoms. The van der Waals surface area contributed by atoms with Gasteiger partial charge in [-0.1, -0.05) is 49.4 Å². The molecule has 2 aromatic rings. The van der Waals surface area contributed by atoms with E-state index in [1.54, 1.807) is 0 Å². The van der Waals surface area contributed by atoms with Crippen molar-refractivity contribution < 1.29 is 4.74 Å². The highest BCUT2D eigenvalue weighted by Crippen LogP contribution is 2.13. The molecular formula is C24H35IN4O. The molecule has 6 heteroatoms. The van der Waals surface area contributed by atoms with E-state index in [0.29, 0.717) is 12.6 Å². The van der Waals surface area contributed by atoms with Gasteiger partial charge in [0.15, 0.2) is 5.96 Å². The Morgan fingerprint density at radius 1 is 1.03 bits per heavy atom. The SMILES string of the molecule is CCCN1CCC(NC(=NC)NCc2ccc(COc3ccccc3)cc2)CC1.I. The lowest BCUT2D eigenvalue weighted by atomic mass is 10.1. The van der Waals surface area contributed by atoms with Gasteiger partial charge in [-0.25, -0.2) is 0 Å². The largest absolute Gasteiger partial charge is 0.489 e. The molecule has 0 bridgehead atoms. The Hall–Kier alpha value is -1.80. The second-order valence-electron chi connectivity index (χ2n) is 7.60. The van der Waals surface area contributed by atoms with Crippen molar-refractivity contribution in [2.75, 3.05) is 26.7 Å². The summed E-state index contributed by atoms with van der Waals surface area (Å²) < 4.78 is 5.81. The lowest BCUT2D eigenvalue weighted by molar-refractivity contribution is 0.206. The van der Waals surface area contributed by atoms with Gasteiger partial charge in [-0.05, 0) is 49.1 Å². The third-order valence-corrected chi connectivity index (χ3v) is 5.32. The van der Waals surface area contributed by atoms with Gasteiger partial charge < -0.3 is 20.3 Å². The molecule has 0 aromatic heterocycles. The highest BCUT2D eigenvalue weighted by molar-refractivity contribution is 14.0. The van der Waals surface area contributed by atoms with Gasteiger partial charge in [0.05, 0.1) is 0 Å². The van der Waals surface area contributed by atoms with Crippen LogP contribution in [0.4, 0.5) is 0 Å². The van der Waals surface area contributed by atoms with Gasteiger partial charge in [0, 0.05) is 32.7 Å². The van der Waals surface area contributed by atoms with Gasteiger partial charge in [0.2, 0.25) is 0 Å². The minimum absolute atomic E-state index is 0. The maximum Gasteiger partial charge on any atom is 0.191 e. The number of likely N-dealkylation sites (tertiary alicyclic amines) is 1. The first kappa shape index (κ1) is 24.5. The summed E-state index contributed by atoms with van der Waals surface area (Å²) in [5.74, 6) is 1.78. The quantitative estimate of drug-likeness (QED) is 0.306. The molecule has 2 aromatic carbocycles. The monoisotopic (exact) mass is 522 g/mol. The molecule has 5 nitrogen and oxygen atoms in total. The molecule has 0 amide bonds. The van der Waals surface area contributed by atoms with Crippen LogP contribution in [0.25, 0.3) is 0 Å². The van der Waals surface area contributed by atoms with Crippen molar-refractivity contribution in [2.24, 2.45) is 4.99 Å². The maximum atomic E-state index is 5.81. The van der Waals surface area contributed by atoms with E-state index in [2.05, 4.69) is 51.7 Å². The number of nitrogens with one attached hydrogen (secondary N) is 2. The average Bonchev–Trinajstić information content (AvgIpc) is 2.78. The van der Waals surface area contributed by atoms with E-state index >= 15 is 0 Å². The fourth-order valence-electron chi connectivity index (χ4n) is 3.63. The van der Waals surface area contributed by atoms with Crippen LogP contribution >= 0.6 is 24.0 Å². The smallest absolute Gasteiger partial charge is 0.191 e. The molecule has 1 heterocycles. The Kier molecular flexibility index (Phi) is 11.0. The van der Waals surface area contributed by atoms with Crippen molar-refractivity contribution in [1.82, 2.24) is 15.5 Å². The normalized spacial score (nSPS) is 15.3. The molecule has 3 rings (SSSR count). The van der Waals surface area contributed by atoms with Crippen LogP contribution in [0.3, 0.4) is 0 Å². The van der Waals surface area contributed by atoms with E-state index in [1.807, 2.05) is 37.4 Å². The topological polar surface area (TPSA) is 48.9 Å². The lowest BCUT2D eigenvalue weighted by Crippen LogP contribution is -2.48. The lowest BCUT2D eigenvalue weighted by Gasteiger charge is -2.32. The Bertz CT molecular complexity index is 744. The number of rotatable bonds is 8. The summed E-state index contributed by atoms with van der Waals surface area (Å²) in [6.07, 6.45) is 3.59. The molecule has 1 aliphatic heterocycles. The number of piperidine rings is 1. The van der Waals surface area contributed by atoms with Crippen molar-refractivity contribution >= 4 is 29.9 Å². The van der Waals surface area contributed by atoms with Crippen LogP contribution in [-0.2, 0) is 13.2 Å². The molecule has 164 valence electrons. The van der Waals surface area contributed by atoms with E-state index in [9.17, 15) is 0 Å². The van der Waals surface area contributed by atoms with E-state index in [4.69, 9.17) is 4.74 Å². The number of nitrogens with zero attached hydrogens (tertiary/aromatic N) is 2. The van der Waals surface area contributed by atoms with Gasteiger partial charge >= 0.3 is 0 Å². The number of hydrogen-bond acceptors (Lipinski definition) is 3. The number of ether oxygens (including phenoxy) is 1. The number of guanidine groups is 1. The first-order chi connectivity index (χ1) is 14.3. The van der Waals surface area contributed by atoms with Crippen LogP contribution in [0.15, 0.2) is 59.6 Å². The summed E-state index contributed by atoms with van der Waals surface area (Å²) in [6, 6.07) is 19.0. The fraction of sp³-hybridized carbons (Fsp3) is 0.458. The van der Waals surface area contributed by atoms with Crippen LogP contribution in [0.2, 0.25) is 0 Å². The van der Waals surface area contributed by atoms with Gasteiger partial charge in [0.1, 0.15) is 12.4 Å². The summed E-state index contributed by atoms with van der Waals surface area (Å²) in [5, 5.41) is 7.02. The van der Waals surface area contributed by atoms with Crippen molar-refractivity contribution in [1.29, 1.82) is 0 Å². The standard InChI is InChI=1S/C24H34N4O.HI/c1-3-15-28-16-13-22(14-17-28)27-24(25-2)26-18-20-9-11-21(12-10-20)19-29-23-7-5-4-6-8-23;/h4-12,22H,3,13-19H2,1-2H3,(H2,25,26,27);1H. The zero-order chi connectivity index (χ0) is 20.3. The summed E-state index contributed by atoms with van der Waals surface area (Å²) >= 11 is 0. The van der Waals surface area contributed by atoms with Crippen molar-refractivity contribution in [2.45, 2.75) is 45.4 Å². The number of halogens is 1. The summed E-state index contributed by atoms with van der Waals surface area (Å²) in [7, 11) is 1.84. The minimum Gasteiger partial charge on any atom is -0.489 e. The third-order valence-electron chi connectivity index (χ3n) is 5.32. The molecule has 0 atom stereocenters. The first-order valence-electron chi connectivity index (χ1n) is 10.7. The molecule has 1 aliphatic rings. The van der Waals surface area contributed by atoms with Crippen LogP contribution in [0.1, 0.15) is 37.3 Å². The highest BCUT2D eigenvalue weighted by atomic mass is 127. The Morgan fingerprint density at radius 2 is 1.70 bits per heavy atom. The molecule has 1 fully saturated rings. The average molecular weight is 522 g/mol. The van der Waals surface area contributed by atoms with E-state index in [1.165, 1.54) is 50.0 Å². The van der Waals surface area contributed by atoms with Crippen molar-refractivity contribution in [3.8, 4) is 5.75 Å². The molecule has 1 saturated heterocycles. The Balaban J connectivity index is 0.00000320. The molecule has 0 saturated carbocycles. The van der Waals surface area contributed by atoms with Gasteiger partial charge in [-0.15, -0.1) is 24.0 Å². The predicted octanol–water partition coefficient (Wildman–Crippen LogP) is 4.42. The number of hydrogen-bond donors (Lipinski definition) is 2. The third kappa shape index (κ3) is 8.14. The van der Waals surface area contributed by atoms with Crippen LogP contribution in [0.5, 0.6) is 5.75 Å². The number of para-hydroxylation sites is 1. The second kappa shape index (κ2) is 13.5. The van der Waals surface area contributed by atoms with Gasteiger partial charge in [0.25, 0.3) is 0 Å². The fourth-order valence-corrected chi connectivity index (χ4v) is 3.63. The van der Waals surface area contributed by atoms with Crippen LogP contribution in [-0.4, -0.2) is 43.6 Å². The van der Waals surface area contributed by atoms with Gasteiger partial charge in [-0.3, -0.25) is 4.99 Å². The number of benzene rings is 2. The van der Waals surface area contributed by atoms with Crippen molar-refractivity contribution in [3.05, 3.63) is 65.7 Å². The Labute approximate surface area is 198 Å². The van der Waals surface area contributed by atoms with Gasteiger partial charge in [-0.2, -0.15) is 0 Å². The van der Waals surface area contributed by atoms with Crippen molar-refractivity contribution in [3.63, 3.8) is 0 Å². The maximum absolute atomic E-state index is 5.81. The predicted molar refractivity (Wildman–Crippen MR) is 136 cm³/mol. The van der Waals surface area contributed by atoms with Crippen LogP contribution < -0.4 is 15.4 Å². The molecule has 0 aliphatic carbocycles. The summed E-state index contributed by atoms with van der Waals surface area (Å²) in [4.78, 5) is 6.95. The molecular weight excluding hydrogens is 487 g/mol. The van der Waals surface area contributed by atoms with E-state index in [0.717, 1.165) is 18.3 Å². The summed E-state index contributed by atoms with van der Waals surface area (Å²) in [5.41, 5.74) is 2.40. The zero-order valence-electron chi connectivity index (χ0n) is 18.1. The van der Waals surface area contributed by atoms with E-state index in [-0.39, 0.29) is 24.0 Å². The Morgan fingerprint density at radius 3 is 2.33 bits per heavy atom. The highest BCUT2D eigenvalue weighted by Gasteiger charge is 2.19. The molecule has 0 radical (unpaired) electrons. The van der Waals surface area contributed by atoms with E-state index < -0.39 is 0 Å². The minimum atomic E-state index is 0. The van der Waals surface area contributed by atoms with Crippen LogP contribution in [0, 0.1) is 0 Å². The number of aliphatic imine (C=N–C) groups is 1. The molecule has 2 N–H and O–H groups in total. The molecule has 0 unspecified atom stereocenters. The molecule has 0 spiro atoms. The zero-order valence-corrected chi connectivity index (χ0v) is 20.5.